The van der Waals surface area contributed by atoms with Crippen LogP contribution >= 0.6 is 11.6 Å². The third-order valence-corrected chi connectivity index (χ3v) is 3.36. The standard InChI is InChI=1S/C13H15ClO2/c1-9-10(4-2-6-15)8-12(14)13-11(9)5-3-7-16-13/h6,8H,2-5,7H2,1H3. The van der Waals surface area contributed by atoms with Gasteiger partial charge in [-0.15, -0.1) is 0 Å². The molecule has 1 aliphatic rings. The predicted molar refractivity (Wildman–Crippen MR) is 64.4 cm³/mol. The maximum atomic E-state index is 10.4. The summed E-state index contributed by atoms with van der Waals surface area (Å²) in [6, 6.07) is 1.94. The topological polar surface area (TPSA) is 26.3 Å². The normalized spacial score (nSPS) is 14.1. The molecule has 1 aromatic rings. The molecule has 1 heterocycles. The number of aldehydes is 1. The number of hydrogen-bond acceptors (Lipinski definition) is 2. The molecule has 0 spiro atoms. The second kappa shape index (κ2) is 4.88. The van der Waals surface area contributed by atoms with Crippen molar-refractivity contribution >= 4 is 17.9 Å². The average molecular weight is 239 g/mol. The van der Waals surface area contributed by atoms with Gasteiger partial charge in [-0.3, -0.25) is 0 Å². The molecular formula is C13H15ClO2. The first kappa shape index (κ1) is 11.5. The molecule has 1 aliphatic heterocycles. The number of benzene rings is 1. The van der Waals surface area contributed by atoms with Gasteiger partial charge in [-0.05, 0) is 48.9 Å². The lowest BCUT2D eigenvalue weighted by Gasteiger charge is -2.22. The minimum atomic E-state index is 0.552. The SMILES string of the molecule is Cc1c(CCC=O)cc(Cl)c2c1CCCO2. The molecule has 0 N–H and O–H groups in total. The van der Waals surface area contributed by atoms with E-state index in [-0.39, 0.29) is 0 Å². The van der Waals surface area contributed by atoms with Crippen LogP contribution in [0.4, 0.5) is 0 Å². The van der Waals surface area contributed by atoms with Crippen LogP contribution < -0.4 is 4.74 Å². The van der Waals surface area contributed by atoms with E-state index in [1.54, 1.807) is 0 Å². The Hall–Kier alpha value is -1.02. The lowest BCUT2D eigenvalue weighted by atomic mass is 9.94. The summed E-state index contributed by atoms with van der Waals surface area (Å²) in [5, 5.41) is 0.682. The Bertz CT molecular complexity index is 413. The summed E-state index contributed by atoms with van der Waals surface area (Å²) in [7, 11) is 0. The van der Waals surface area contributed by atoms with Crippen molar-refractivity contribution in [2.45, 2.75) is 32.6 Å². The molecule has 2 nitrogen and oxygen atoms in total. The van der Waals surface area contributed by atoms with Crippen LogP contribution in [0.5, 0.6) is 5.75 Å². The van der Waals surface area contributed by atoms with Crippen molar-refractivity contribution in [2.75, 3.05) is 6.61 Å². The van der Waals surface area contributed by atoms with Crippen molar-refractivity contribution in [3.8, 4) is 5.75 Å². The number of hydrogen-bond donors (Lipinski definition) is 0. The molecule has 2 rings (SSSR count). The first-order valence-corrected chi connectivity index (χ1v) is 5.99. The first-order chi connectivity index (χ1) is 7.74. The summed E-state index contributed by atoms with van der Waals surface area (Å²) in [5.41, 5.74) is 3.63. The van der Waals surface area contributed by atoms with Gasteiger partial charge in [0.05, 0.1) is 11.6 Å². The van der Waals surface area contributed by atoms with Crippen LogP contribution in [0.2, 0.25) is 5.02 Å². The molecule has 0 aromatic heterocycles. The maximum absolute atomic E-state index is 10.4. The van der Waals surface area contributed by atoms with E-state index in [0.29, 0.717) is 11.4 Å². The van der Waals surface area contributed by atoms with Gasteiger partial charge in [-0.25, -0.2) is 0 Å². The second-order valence-electron chi connectivity index (χ2n) is 4.11. The van der Waals surface area contributed by atoms with Crippen LogP contribution in [0.15, 0.2) is 6.07 Å². The Morgan fingerprint density at radius 3 is 3.12 bits per heavy atom. The summed E-state index contributed by atoms with van der Waals surface area (Å²) in [5.74, 6) is 0.847. The Kier molecular flexibility index (Phi) is 3.49. The van der Waals surface area contributed by atoms with Crippen LogP contribution in [0, 0.1) is 6.92 Å². The minimum absolute atomic E-state index is 0.552. The molecule has 0 unspecified atom stereocenters. The molecule has 0 aliphatic carbocycles. The molecule has 0 saturated heterocycles. The van der Waals surface area contributed by atoms with Gasteiger partial charge in [0.15, 0.2) is 0 Å². The van der Waals surface area contributed by atoms with Gasteiger partial charge in [0, 0.05) is 6.42 Å². The van der Waals surface area contributed by atoms with E-state index in [1.807, 2.05) is 6.07 Å². The lowest BCUT2D eigenvalue weighted by molar-refractivity contribution is -0.107. The minimum Gasteiger partial charge on any atom is -0.492 e. The fourth-order valence-corrected chi connectivity index (χ4v) is 2.49. The average Bonchev–Trinajstić information content (AvgIpc) is 2.32. The molecule has 16 heavy (non-hydrogen) atoms. The fourth-order valence-electron chi connectivity index (χ4n) is 2.19. The smallest absolute Gasteiger partial charge is 0.141 e. The van der Waals surface area contributed by atoms with Gasteiger partial charge in [-0.1, -0.05) is 11.6 Å². The number of rotatable bonds is 3. The molecule has 86 valence electrons. The van der Waals surface area contributed by atoms with Crippen molar-refractivity contribution < 1.29 is 9.53 Å². The van der Waals surface area contributed by atoms with Gasteiger partial charge in [0.25, 0.3) is 0 Å². The Labute approximate surface area is 101 Å². The van der Waals surface area contributed by atoms with Gasteiger partial charge < -0.3 is 9.53 Å². The summed E-state index contributed by atoms with van der Waals surface area (Å²) in [6.07, 6.45) is 4.33. The molecule has 0 bridgehead atoms. The van der Waals surface area contributed by atoms with Crippen molar-refractivity contribution in [2.24, 2.45) is 0 Å². The molecule has 0 saturated carbocycles. The lowest BCUT2D eigenvalue weighted by Crippen LogP contribution is -2.11. The van der Waals surface area contributed by atoms with Crippen molar-refractivity contribution in [1.29, 1.82) is 0 Å². The molecular weight excluding hydrogens is 224 g/mol. The van der Waals surface area contributed by atoms with E-state index >= 15 is 0 Å². The van der Waals surface area contributed by atoms with E-state index < -0.39 is 0 Å². The summed E-state index contributed by atoms with van der Waals surface area (Å²) in [6.45, 7) is 2.84. The van der Waals surface area contributed by atoms with Crippen LogP contribution in [-0.4, -0.2) is 12.9 Å². The largest absolute Gasteiger partial charge is 0.492 e. The van der Waals surface area contributed by atoms with E-state index in [0.717, 1.165) is 37.9 Å². The Balaban J connectivity index is 2.41. The van der Waals surface area contributed by atoms with E-state index in [9.17, 15) is 4.79 Å². The van der Waals surface area contributed by atoms with Crippen molar-refractivity contribution in [3.05, 3.63) is 27.8 Å². The number of aryl methyl sites for hydroxylation is 1. The zero-order valence-electron chi connectivity index (χ0n) is 9.38. The highest BCUT2D eigenvalue weighted by Gasteiger charge is 2.18. The monoisotopic (exact) mass is 238 g/mol. The zero-order chi connectivity index (χ0) is 11.5. The highest BCUT2D eigenvalue weighted by Crippen LogP contribution is 2.37. The van der Waals surface area contributed by atoms with Crippen LogP contribution in [0.25, 0.3) is 0 Å². The number of carbonyl (C=O) groups excluding carboxylic acids is 1. The number of carbonyl (C=O) groups is 1. The van der Waals surface area contributed by atoms with E-state index in [1.165, 1.54) is 16.7 Å². The highest BCUT2D eigenvalue weighted by molar-refractivity contribution is 6.32. The first-order valence-electron chi connectivity index (χ1n) is 5.61. The fraction of sp³-hybridized carbons (Fsp3) is 0.462. The molecule has 1 aromatic carbocycles. The second-order valence-corrected chi connectivity index (χ2v) is 4.51. The molecule has 0 amide bonds. The van der Waals surface area contributed by atoms with Crippen LogP contribution in [-0.2, 0) is 17.6 Å². The maximum Gasteiger partial charge on any atom is 0.141 e. The third-order valence-electron chi connectivity index (χ3n) is 3.08. The Morgan fingerprint density at radius 1 is 1.56 bits per heavy atom. The van der Waals surface area contributed by atoms with Crippen LogP contribution in [0.3, 0.4) is 0 Å². The Morgan fingerprint density at radius 2 is 2.38 bits per heavy atom. The number of fused-ring (bicyclic) bond motifs is 1. The van der Waals surface area contributed by atoms with Crippen LogP contribution in [0.1, 0.15) is 29.5 Å². The molecule has 0 radical (unpaired) electrons. The van der Waals surface area contributed by atoms with Gasteiger partial charge >= 0.3 is 0 Å². The zero-order valence-corrected chi connectivity index (χ0v) is 10.1. The van der Waals surface area contributed by atoms with Crippen molar-refractivity contribution in [3.63, 3.8) is 0 Å². The van der Waals surface area contributed by atoms with Gasteiger partial charge in [-0.2, -0.15) is 0 Å². The van der Waals surface area contributed by atoms with Gasteiger partial charge in [0.1, 0.15) is 12.0 Å². The molecule has 0 fully saturated rings. The third kappa shape index (κ3) is 2.07. The van der Waals surface area contributed by atoms with Gasteiger partial charge in [0.2, 0.25) is 0 Å². The highest BCUT2D eigenvalue weighted by atomic mass is 35.5. The summed E-state index contributed by atoms with van der Waals surface area (Å²) < 4.78 is 5.59. The summed E-state index contributed by atoms with van der Waals surface area (Å²) >= 11 is 6.18. The number of halogens is 1. The summed E-state index contributed by atoms with van der Waals surface area (Å²) in [4.78, 5) is 10.4. The predicted octanol–water partition coefficient (Wildman–Crippen LogP) is 3.10. The number of ether oxygens (including phenoxy) is 1. The van der Waals surface area contributed by atoms with E-state index in [4.69, 9.17) is 16.3 Å². The van der Waals surface area contributed by atoms with Crippen molar-refractivity contribution in [1.82, 2.24) is 0 Å². The molecule has 3 heteroatoms. The quantitative estimate of drug-likeness (QED) is 0.757. The molecule has 0 atom stereocenters. The van der Waals surface area contributed by atoms with E-state index in [2.05, 4.69) is 6.92 Å².